The van der Waals surface area contributed by atoms with E-state index < -0.39 is 17.9 Å². The molecular weight excluding hydrogens is 332 g/mol. The van der Waals surface area contributed by atoms with Crippen molar-refractivity contribution < 1.29 is 9.90 Å². The molecule has 2 N–H and O–H groups in total. The van der Waals surface area contributed by atoms with Crippen LogP contribution in [0.15, 0.2) is 17.1 Å². The molecule has 1 aliphatic heterocycles. The summed E-state index contributed by atoms with van der Waals surface area (Å²) in [7, 11) is 0. The van der Waals surface area contributed by atoms with Gasteiger partial charge in [0, 0.05) is 18.5 Å². The number of hydrogen-bond acceptors (Lipinski definition) is 6. The van der Waals surface area contributed by atoms with E-state index in [2.05, 4.69) is 14.9 Å². The third-order valence-electron chi connectivity index (χ3n) is 5.97. The molecule has 3 heterocycles. The van der Waals surface area contributed by atoms with E-state index in [-0.39, 0.29) is 11.3 Å². The molecule has 0 amide bonds. The summed E-state index contributed by atoms with van der Waals surface area (Å²) in [4.78, 5) is 33.0. The molecule has 2 aromatic heterocycles. The van der Waals surface area contributed by atoms with Crippen molar-refractivity contribution in [2.75, 3.05) is 24.6 Å². The van der Waals surface area contributed by atoms with Crippen molar-refractivity contribution in [3.05, 3.63) is 33.9 Å². The Kier molecular flexibility index (Phi) is 4.00. The van der Waals surface area contributed by atoms with Gasteiger partial charge in [0.2, 0.25) is 5.78 Å². The number of carbonyl (C=O) groups excluding carboxylic acids is 1. The first-order valence-corrected chi connectivity index (χ1v) is 8.92. The van der Waals surface area contributed by atoms with E-state index in [4.69, 9.17) is 5.11 Å². The first-order chi connectivity index (χ1) is 12.6. The maximum atomic E-state index is 12.4. The number of nitrogens with one attached hydrogen (secondary N) is 1. The summed E-state index contributed by atoms with van der Waals surface area (Å²) in [6, 6.07) is 3.59. The van der Waals surface area contributed by atoms with Crippen molar-refractivity contribution in [2.24, 2.45) is 5.41 Å². The Morgan fingerprint density at radius 1 is 1.35 bits per heavy atom. The lowest BCUT2D eigenvalue weighted by molar-refractivity contribution is 0.0899. The Morgan fingerprint density at radius 2 is 2.08 bits per heavy atom. The molecule has 1 saturated carbocycles. The van der Waals surface area contributed by atoms with E-state index in [9.17, 15) is 14.9 Å². The number of pyridine rings is 2. The smallest absolute Gasteiger partial charge is 0.268 e. The van der Waals surface area contributed by atoms with Gasteiger partial charge in [0.25, 0.3) is 5.56 Å². The van der Waals surface area contributed by atoms with Crippen LogP contribution in [0.3, 0.4) is 0 Å². The fourth-order valence-electron chi connectivity index (χ4n) is 4.23. The van der Waals surface area contributed by atoms with Crippen LogP contribution in [0.25, 0.3) is 10.9 Å². The molecule has 26 heavy (non-hydrogen) atoms. The molecule has 134 valence electrons. The summed E-state index contributed by atoms with van der Waals surface area (Å²) in [6.07, 6.45) is 7.35. The Balaban J connectivity index is 1.83. The number of nitrogens with zero attached hydrogens (tertiary/aromatic N) is 3. The summed E-state index contributed by atoms with van der Waals surface area (Å²) in [5.74, 6) is -0.491. The molecule has 2 aliphatic rings. The molecule has 0 atom stereocenters. The first-order valence-electron chi connectivity index (χ1n) is 8.92. The van der Waals surface area contributed by atoms with Crippen LogP contribution >= 0.6 is 0 Å². The molecule has 2 fully saturated rings. The van der Waals surface area contributed by atoms with E-state index in [0.717, 1.165) is 25.9 Å². The van der Waals surface area contributed by atoms with Crippen LogP contribution in [0.4, 0.5) is 5.69 Å². The zero-order chi connectivity index (χ0) is 18.3. The zero-order valence-electron chi connectivity index (χ0n) is 14.4. The quantitative estimate of drug-likeness (QED) is 0.814. The highest BCUT2D eigenvalue weighted by molar-refractivity contribution is 6.01. The second kappa shape index (κ2) is 6.22. The van der Waals surface area contributed by atoms with Gasteiger partial charge in [-0.3, -0.25) is 14.6 Å². The van der Waals surface area contributed by atoms with Gasteiger partial charge < -0.3 is 15.0 Å². The Morgan fingerprint density at radius 3 is 2.65 bits per heavy atom. The first kappa shape index (κ1) is 16.7. The molecular formula is C19H20N4O3. The standard InChI is InChI=1S/C19H20N4O3/c20-9-13-17(23-6-4-19(5-7-23)2-1-3-19)12-8-14(16(25)11-24)21-10-15(12)22-18(13)26/h8,10,24H,1-7,11H2,(H,22,26). The topological polar surface area (TPSA) is 110 Å². The number of piperidine rings is 1. The maximum absolute atomic E-state index is 12.4. The third-order valence-corrected chi connectivity index (χ3v) is 5.97. The van der Waals surface area contributed by atoms with Crippen LogP contribution in [-0.2, 0) is 0 Å². The second-order valence-electron chi connectivity index (χ2n) is 7.33. The molecule has 0 unspecified atom stereocenters. The van der Waals surface area contributed by atoms with Crippen molar-refractivity contribution in [1.82, 2.24) is 9.97 Å². The van der Waals surface area contributed by atoms with Gasteiger partial charge in [0.15, 0.2) is 0 Å². The number of fused-ring (bicyclic) bond motifs is 1. The largest absolute Gasteiger partial charge is 0.388 e. The lowest BCUT2D eigenvalue weighted by atomic mass is 9.63. The minimum atomic E-state index is -0.630. The normalized spacial score (nSPS) is 18.5. The Labute approximate surface area is 150 Å². The number of rotatable bonds is 3. The summed E-state index contributed by atoms with van der Waals surface area (Å²) in [5, 5.41) is 19.3. The molecule has 1 saturated heterocycles. The number of aliphatic hydroxyl groups is 1. The molecule has 7 nitrogen and oxygen atoms in total. The number of ketones is 1. The van der Waals surface area contributed by atoms with Crippen LogP contribution < -0.4 is 10.5 Å². The molecule has 7 heteroatoms. The predicted molar refractivity (Wildman–Crippen MR) is 96.2 cm³/mol. The number of H-pyrrole nitrogens is 1. The predicted octanol–water partition coefficient (Wildman–Crippen LogP) is 1.74. The third kappa shape index (κ3) is 2.58. The van der Waals surface area contributed by atoms with E-state index in [1.165, 1.54) is 25.5 Å². The van der Waals surface area contributed by atoms with Gasteiger partial charge in [0.1, 0.15) is 23.9 Å². The van der Waals surface area contributed by atoms with Gasteiger partial charge in [-0.15, -0.1) is 0 Å². The average molecular weight is 352 g/mol. The van der Waals surface area contributed by atoms with Crippen molar-refractivity contribution >= 4 is 22.4 Å². The number of aromatic nitrogens is 2. The molecule has 1 spiro atoms. The number of anilines is 1. The van der Waals surface area contributed by atoms with Gasteiger partial charge in [-0.05, 0) is 37.2 Å². The number of aliphatic hydroxyl groups excluding tert-OH is 1. The van der Waals surface area contributed by atoms with Gasteiger partial charge >= 0.3 is 0 Å². The fraction of sp³-hybridized carbons (Fsp3) is 0.474. The molecule has 0 radical (unpaired) electrons. The van der Waals surface area contributed by atoms with Gasteiger partial charge in [-0.1, -0.05) is 6.42 Å². The number of hydrogen-bond donors (Lipinski definition) is 2. The minimum Gasteiger partial charge on any atom is -0.388 e. The second-order valence-corrected chi connectivity index (χ2v) is 7.33. The lowest BCUT2D eigenvalue weighted by Gasteiger charge is -2.48. The lowest BCUT2D eigenvalue weighted by Crippen LogP contribution is -2.44. The van der Waals surface area contributed by atoms with Gasteiger partial charge in [0.05, 0.1) is 17.4 Å². The molecule has 2 aromatic rings. The van der Waals surface area contributed by atoms with Crippen molar-refractivity contribution in [3.8, 4) is 6.07 Å². The van der Waals surface area contributed by atoms with Crippen LogP contribution in [0.1, 0.15) is 48.2 Å². The molecule has 1 aliphatic carbocycles. The molecule has 0 bridgehead atoms. The van der Waals surface area contributed by atoms with Crippen molar-refractivity contribution in [3.63, 3.8) is 0 Å². The van der Waals surface area contributed by atoms with E-state index in [1.54, 1.807) is 6.07 Å². The highest BCUT2D eigenvalue weighted by Gasteiger charge is 2.40. The van der Waals surface area contributed by atoms with Crippen molar-refractivity contribution in [1.29, 1.82) is 5.26 Å². The monoisotopic (exact) mass is 352 g/mol. The summed E-state index contributed by atoms with van der Waals surface area (Å²) < 4.78 is 0. The van der Waals surface area contributed by atoms with Gasteiger partial charge in [-0.2, -0.15) is 5.26 Å². The number of Topliss-reactive ketones (excluding diaryl/α,β-unsaturated/α-hetero) is 1. The number of nitriles is 1. The summed E-state index contributed by atoms with van der Waals surface area (Å²) >= 11 is 0. The van der Waals surface area contributed by atoms with Crippen LogP contribution in [0.2, 0.25) is 0 Å². The van der Waals surface area contributed by atoms with E-state index >= 15 is 0 Å². The molecule has 0 aromatic carbocycles. The van der Waals surface area contributed by atoms with Crippen LogP contribution in [-0.4, -0.2) is 40.6 Å². The van der Waals surface area contributed by atoms with Crippen LogP contribution in [0, 0.1) is 16.7 Å². The SMILES string of the molecule is N#Cc1c(N2CCC3(CCC3)CC2)c2cc(C(=O)CO)ncc2[nH]c1=O. The Hall–Kier alpha value is -2.72. The number of carbonyl (C=O) groups is 1. The van der Waals surface area contributed by atoms with Crippen molar-refractivity contribution in [2.45, 2.75) is 32.1 Å². The Bertz CT molecular complexity index is 975. The molecule has 4 rings (SSSR count). The van der Waals surface area contributed by atoms with E-state index in [1.807, 2.05) is 6.07 Å². The number of aromatic amines is 1. The van der Waals surface area contributed by atoms with Gasteiger partial charge in [-0.25, -0.2) is 0 Å². The highest BCUT2D eigenvalue weighted by Crippen LogP contribution is 2.49. The van der Waals surface area contributed by atoms with Crippen LogP contribution in [0.5, 0.6) is 0 Å². The fourth-order valence-corrected chi connectivity index (χ4v) is 4.23. The summed E-state index contributed by atoms with van der Waals surface area (Å²) in [5.41, 5.74) is 1.26. The zero-order valence-corrected chi connectivity index (χ0v) is 14.4. The average Bonchev–Trinajstić information content (AvgIpc) is 2.64. The van der Waals surface area contributed by atoms with E-state index in [0.29, 0.717) is 22.0 Å². The maximum Gasteiger partial charge on any atom is 0.268 e. The highest BCUT2D eigenvalue weighted by atomic mass is 16.3. The summed E-state index contributed by atoms with van der Waals surface area (Å²) in [6.45, 7) is 0.951. The minimum absolute atomic E-state index is 0.0654.